The SMILES string of the molecule is Cc1cccc(C(=O)N[C@@H](C(=O)OCc2c(C#N)c(C)nn2-c2ccccc2)C(C)C)c1. The summed E-state index contributed by atoms with van der Waals surface area (Å²) in [7, 11) is 0. The van der Waals surface area contributed by atoms with Gasteiger partial charge in [0.15, 0.2) is 0 Å². The largest absolute Gasteiger partial charge is 0.458 e. The number of nitrogens with one attached hydrogen (secondary N) is 1. The number of nitriles is 1. The highest BCUT2D eigenvalue weighted by Gasteiger charge is 2.27. The number of hydrogen-bond donors (Lipinski definition) is 1. The number of carbonyl (C=O) groups excluding carboxylic acids is 2. The van der Waals surface area contributed by atoms with Crippen molar-refractivity contribution in [3.63, 3.8) is 0 Å². The maximum Gasteiger partial charge on any atom is 0.329 e. The number of rotatable bonds is 7. The quantitative estimate of drug-likeness (QED) is 0.574. The van der Waals surface area contributed by atoms with Gasteiger partial charge in [-0.25, -0.2) is 9.48 Å². The average molecular weight is 431 g/mol. The van der Waals surface area contributed by atoms with E-state index in [2.05, 4.69) is 16.5 Å². The monoisotopic (exact) mass is 430 g/mol. The molecule has 3 aromatic rings. The molecule has 0 aliphatic rings. The fourth-order valence-electron chi connectivity index (χ4n) is 3.37. The normalized spacial score (nSPS) is 11.6. The molecule has 0 saturated heterocycles. The van der Waals surface area contributed by atoms with Crippen LogP contribution in [0, 0.1) is 31.1 Å². The average Bonchev–Trinajstić information content (AvgIpc) is 3.11. The van der Waals surface area contributed by atoms with Gasteiger partial charge in [-0.15, -0.1) is 0 Å². The minimum atomic E-state index is -0.831. The van der Waals surface area contributed by atoms with Crippen LogP contribution in [-0.2, 0) is 16.1 Å². The Bertz CT molecular complexity index is 1160. The van der Waals surface area contributed by atoms with Gasteiger partial charge in [-0.05, 0) is 44.0 Å². The third kappa shape index (κ3) is 5.03. The molecule has 1 atom stereocenters. The smallest absolute Gasteiger partial charge is 0.329 e. The number of nitrogens with zero attached hydrogens (tertiary/aromatic N) is 3. The lowest BCUT2D eigenvalue weighted by Crippen LogP contribution is -2.45. The molecule has 2 aromatic carbocycles. The zero-order valence-corrected chi connectivity index (χ0v) is 18.6. The van der Waals surface area contributed by atoms with E-state index in [1.165, 1.54) is 0 Å². The van der Waals surface area contributed by atoms with Crippen molar-refractivity contribution < 1.29 is 14.3 Å². The fourth-order valence-corrected chi connectivity index (χ4v) is 3.37. The molecule has 3 rings (SSSR count). The summed E-state index contributed by atoms with van der Waals surface area (Å²) in [5, 5.41) is 16.8. The molecular weight excluding hydrogens is 404 g/mol. The van der Waals surface area contributed by atoms with E-state index in [9.17, 15) is 14.9 Å². The molecule has 7 nitrogen and oxygen atoms in total. The van der Waals surface area contributed by atoms with Crippen LogP contribution in [0.25, 0.3) is 5.69 Å². The third-order valence-corrected chi connectivity index (χ3v) is 5.11. The molecule has 0 aliphatic heterocycles. The summed E-state index contributed by atoms with van der Waals surface area (Å²) in [6, 6.07) is 17.8. The van der Waals surface area contributed by atoms with Crippen LogP contribution in [-0.4, -0.2) is 27.7 Å². The molecular formula is C25H26N4O3. The van der Waals surface area contributed by atoms with E-state index in [1.807, 2.05) is 57.2 Å². The van der Waals surface area contributed by atoms with Crippen LogP contribution in [0.4, 0.5) is 0 Å². The van der Waals surface area contributed by atoms with Gasteiger partial charge in [0, 0.05) is 5.56 Å². The first-order valence-corrected chi connectivity index (χ1v) is 10.4. The van der Waals surface area contributed by atoms with Crippen molar-refractivity contribution in [2.45, 2.75) is 40.3 Å². The number of aryl methyl sites for hydroxylation is 2. The molecule has 0 fully saturated rings. The van der Waals surface area contributed by atoms with E-state index in [0.717, 1.165) is 11.3 Å². The van der Waals surface area contributed by atoms with Crippen LogP contribution in [0.3, 0.4) is 0 Å². The van der Waals surface area contributed by atoms with Crippen molar-refractivity contribution in [3.8, 4) is 11.8 Å². The third-order valence-electron chi connectivity index (χ3n) is 5.11. The minimum Gasteiger partial charge on any atom is -0.458 e. The Balaban J connectivity index is 1.79. The van der Waals surface area contributed by atoms with E-state index >= 15 is 0 Å². The van der Waals surface area contributed by atoms with Crippen LogP contribution in [0.1, 0.15) is 46.7 Å². The fraction of sp³-hybridized carbons (Fsp3) is 0.280. The molecule has 0 aliphatic carbocycles. The number of hydrogen-bond acceptors (Lipinski definition) is 5. The molecule has 32 heavy (non-hydrogen) atoms. The van der Waals surface area contributed by atoms with Crippen LogP contribution >= 0.6 is 0 Å². The number of carbonyl (C=O) groups is 2. The Kier molecular flexibility index (Phi) is 7.06. The van der Waals surface area contributed by atoms with Gasteiger partial charge in [-0.1, -0.05) is 49.7 Å². The lowest BCUT2D eigenvalue weighted by molar-refractivity contribution is -0.148. The van der Waals surface area contributed by atoms with Crippen molar-refractivity contribution in [1.29, 1.82) is 5.26 Å². The molecule has 1 heterocycles. The van der Waals surface area contributed by atoms with E-state index in [4.69, 9.17) is 4.74 Å². The first-order chi connectivity index (χ1) is 15.3. The van der Waals surface area contributed by atoms with Crippen molar-refractivity contribution >= 4 is 11.9 Å². The van der Waals surface area contributed by atoms with Gasteiger partial charge in [0.2, 0.25) is 0 Å². The maximum atomic E-state index is 12.9. The predicted molar refractivity (Wildman–Crippen MR) is 120 cm³/mol. The number of benzene rings is 2. The van der Waals surface area contributed by atoms with Crippen LogP contribution in [0.5, 0.6) is 0 Å². The Hall–Kier alpha value is -3.92. The standard InChI is InChI=1S/C25H26N4O3/c1-16(2)23(27-24(30)19-10-8-9-17(3)13-19)25(31)32-15-22-21(14-26)18(4)28-29(22)20-11-6-5-7-12-20/h5-13,16,23H,15H2,1-4H3,(H,27,30)/t23-/m1/s1. The number of esters is 1. The molecule has 1 amide bonds. The predicted octanol–water partition coefficient (Wildman–Crippen LogP) is 3.86. The Labute approximate surface area is 187 Å². The molecule has 0 spiro atoms. The van der Waals surface area contributed by atoms with Gasteiger partial charge in [-0.2, -0.15) is 10.4 Å². The highest BCUT2D eigenvalue weighted by atomic mass is 16.5. The van der Waals surface area contributed by atoms with E-state index in [-0.39, 0.29) is 18.4 Å². The lowest BCUT2D eigenvalue weighted by atomic mass is 10.0. The molecule has 1 N–H and O–H groups in total. The Morgan fingerprint density at radius 3 is 2.47 bits per heavy atom. The topological polar surface area (TPSA) is 97.0 Å². The molecule has 0 bridgehead atoms. The molecule has 1 aromatic heterocycles. The first kappa shape index (κ1) is 22.8. The number of amides is 1. The first-order valence-electron chi connectivity index (χ1n) is 10.4. The van der Waals surface area contributed by atoms with Crippen LogP contribution < -0.4 is 5.32 Å². The van der Waals surface area contributed by atoms with E-state index in [0.29, 0.717) is 22.5 Å². The minimum absolute atomic E-state index is 0.138. The molecule has 0 saturated carbocycles. The second-order valence-corrected chi connectivity index (χ2v) is 7.94. The summed E-state index contributed by atoms with van der Waals surface area (Å²) in [6.07, 6.45) is 0. The summed E-state index contributed by atoms with van der Waals surface area (Å²) in [4.78, 5) is 25.6. The molecule has 0 radical (unpaired) electrons. The van der Waals surface area contributed by atoms with Gasteiger partial charge >= 0.3 is 5.97 Å². The summed E-state index contributed by atoms with van der Waals surface area (Å²) >= 11 is 0. The zero-order chi connectivity index (χ0) is 23.3. The maximum absolute atomic E-state index is 12.9. The van der Waals surface area contributed by atoms with Gasteiger partial charge in [0.05, 0.1) is 17.1 Å². The summed E-state index contributed by atoms with van der Waals surface area (Å²) in [6.45, 7) is 7.17. The van der Waals surface area contributed by atoms with Crippen molar-refractivity contribution in [1.82, 2.24) is 15.1 Å². The number of ether oxygens (including phenoxy) is 1. The van der Waals surface area contributed by atoms with Gasteiger partial charge in [0.1, 0.15) is 24.3 Å². The van der Waals surface area contributed by atoms with Gasteiger partial charge in [0.25, 0.3) is 5.91 Å². The highest BCUT2D eigenvalue weighted by Crippen LogP contribution is 2.19. The second-order valence-electron chi connectivity index (χ2n) is 7.94. The van der Waals surface area contributed by atoms with Crippen LogP contribution in [0.2, 0.25) is 0 Å². The van der Waals surface area contributed by atoms with Gasteiger partial charge in [-0.3, -0.25) is 4.79 Å². The summed E-state index contributed by atoms with van der Waals surface area (Å²) in [5.74, 6) is -1.09. The Morgan fingerprint density at radius 1 is 1.12 bits per heavy atom. The zero-order valence-electron chi connectivity index (χ0n) is 18.6. The summed E-state index contributed by atoms with van der Waals surface area (Å²) in [5.41, 5.74) is 3.60. The molecule has 164 valence electrons. The lowest BCUT2D eigenvalue weighted by Gasteiger charge is -2.21. The van der Waals surface area contributed by atoms with E-state index in [1.54, 1.807) is 29.8 Å². The second kappa shape index (κ2) is 9.92. The highest BCUT2D eigenvalue weighted by molar-refractivity contribution is 5.97. The van der Waals surface area contributed by atoms with E-state index < -0.39 is 12.0 Å². The van der Waals surface area contributed by atoms with Gasteiger partial charge < -0.3 is 10.1 Å². The van der Waals surface area contributed by atoms with Crippen LogP contribution in [0.15, 0.2) is 54.6 Å². The molecule has 0 unspecified atom stereocenters. The van der Waals surface area contributed by atoms with Crippen molar-refractivity contribution in [3.05, 3.63) is 82.7 Å². The van der Waals surface area contributed by atoms with Crippen molar-refractivity contribution in [2.24, 2.45) is 5.92 Å². The molecule has 7 heteroatoms. The van der Waals surface area contributed by atoms with Crippen molar-refractivity contribution in [2.75, 3.05) is 0 Å². The number of aromatic nitrogens is 2. The summed E-state index contributed by atoms with van der Waals surface area (Å²) < 4.78 is 7.17. The Morgan fingerprint density at radius 2 is 1.84 bits per heavy atom. The number of para-hydroxylation sites is 1.